The summed E-state index contributed by atoms with van der Waals surface area (Å²) in [5.74, 6) is 5.72. The fourth-order valence-electron chi connectivity index (χ4n) is 2.25. The second-order valence-electron chi connectivity index (χ2n) is 4.52. The largest absolute Gasteiger partial charge is 0.271 e. The molecule has 2 rings (SSSR count). The zero-order valence-corrected chi connectivity index (χ0v) is 12.3. The van der Waals surface area contributed by atoms with Crippen molar-refractivity contribution in [2.45, 2.75) is 19.9 Å². The average Bonchev–Trinajstić information content (AvgIpc) is 2.61. The summed E-state index contributed by atoms with van der Waals surface area (Å²) in [6.45, 7) is 4.17. The van der Waals surface area contributed by atoms with Crippen molar-refractivity contribution in [3.8, 4) is 0 Å². The number of hydrogen-bond acceptors (Lipinski definition) is 3. The summed E-state index contributed by atoms with van der Waals surface area (Å²) in [6.07, 6.45) is 1.78. The van der Waals surface area contributed by atoms with Gasteiger partial charge in [0.1, 0.15) is 0 Å². The van der Waals surface area contributed by atoms with Gasteiger partial charge in [-0.15, -0.1) is 0 Å². The number of aromatic nitrogens is 2. The van der Waals surface area contributed by atoms with Crippen molar-refractivity contribution in [2.75, 3.05) is 0 Å². The lowest BCUT2D eigenvalue weighted by molar-refractivity contribution is 0.572. The van der Waals surface area contributed by atoms with Crippen LogP contribution in [0, 0.1) is 13.8 Å². The summed E-state index contributed by atoms with van der Waals surface area (Å²) in [4.78, 5) is 0. The van der Waals surface area contributed by atoms with Gasteiger partial charge in [-0.05, 0) is 35.3 Å². The van der Waals surface area contributed by atoms with Gasteiger partial charge in [0.05, 0.1) is 22.4 Å². The van der Waals surface area contributed by atoms with Crippen LogP contribution >= 0.6 is 15.9 Å². The first-order valence-corrected chi connectivity index (χ1v) is 6.54. The maximum absolute atomic E-state index is 5.72. The van der Waals surface area contributed by atoms with Crippen LogP contribution in [0.25, 0.3) is 0 Å². The molecular formula is C13H17BrN4. The molecule has 1 aromatic carbocycles. The fourth-order valence-corrected chi connectivity index (χ4v) is 2.83. The minimum absolute atomic E-state index is 0.0783. The minimum Gasteiger partial charge on any atom is -0.271 e. The Kier molecular flexibility index (Phi) is 3.85. The van der Waals surface area contributed by atoms with Gasteiger partial charge in [0.25, 0.3) is 0 Å². The van der Waals surface area contributed by atoms with Crippen LogP contribution in [0.3, 0.4) is 0 Å². The van der Waals surface area contributed by atoms with Crippen molar-refractivity contribution >= 4 is 15.9 Å². The number of nitrogens with one attached hydrogen (secondary N) is 1. The number of rotatable bonds is 3. The minimum atomic E-state index is -0.0783. The number of halogens is 1. The molecule has 0 saturated carbocycles. The predicted octanol–water partition coefficient (Wildman–Crippen LogP) is 2.35. The zero-order valence-electron chi connectivity index (χ0n) is 10.7. The molecule has 0 radical (unpaired) electrons. The Bertz CT molecular complexity index is 522. The summed E-state index contributed by atoms with van der Waals surface area (Å²) >= 11 is 3.51. The molecule has 4 nitrogen and oxygen atoms in total. The van der Waals surface area contributed by atoms with Crippen LogP contribution in [0.5, 0.6) is 0 Å². The van der Waals surface area contributed by atoms with Gasteiger partial charge in [-0.3, -0.25) is 10.5 Å². The van der Waals surface area contributed by atoms with Crippen molar-refractivity contribution < 1.29 is 0 Å². The van der Waals surface area contributed by atoms with E-state index < -0.39 is 0 Å². The molecular weight excluding hydrogens is 292 g/mol. The van der Waals surface area contributed by atoms with Gasteiger partial charge < -0.3 is 0 Å². The van der Waals surface area contributed by atoms with E-state index in [1.165, 1.54) is 11.1 Å². The monoisotopic (exact) mass is 308 g/mol. The van der Waals surface area contributed by atoms with Crippen molar-refractivity contribution in [3.63, 3.8) is 0 Å². The first-order chi connectivity index (χ1) is 8.52. The molecule has 1 atom stereocenters. The molecule has 3 N–H and O–H groups in total. The first-order valence-electron chi connectivity index (χ1n) is 5.74. The molecule has 0 aliphatic carbocycles. The van der Waals surface area contributed by atoms with Crippen molar-refractivity contribution in [3.05, 3.63) is 51.3 Å². The van der Waals surface area contributed by atoms with E-state index in [9.17, 15) is 0 Å². The maximum Gasteiger partial charge on any atom is 0.0889 e. The molecule has 0 saturated heterocycles. The third-order valence-corrected chi connectivity index (χ3v) is 3.57. The molecule has 96 valence electrons. The Labute approximate surface area is 115 Å². The fraction of sp³-hybridized carbons (Fsp3) is 0.308. The molecule has 0 aliphatic rings. The number of benzene rings is 1. The molecule has 0 spiro atoms. The Morgan fingerprint density at radius 2 is 1.89 bits per heavy atom. The smallest absolute Gasteiger partial charge is 0.0889 e. The van der Waals surface area contributed by atoms with Crippen LogP contribution < -0.4 is 11.3 Å². The Hall–Kier alpha value is -1.17. The number of hydrazine groups is 1. The van der Waals surface area contributed by atoms with E-state index in [2.05, 4.69) is 58.5 Å². The van der Waals surface area contributed by atoms with Gasteiger partial charge in [0, 0.05) is 7.05 Å². The summed E-state index contributed by atoms with van der Waals surface area (Å²) in [5, 5.41) is 4.23. The molecule has 5 heteroatoms. The quantitative estimate of drug-likeness (QED) is 0.676. The lowest BCUT2D eigenvalue weighted by atomic mass is 9.99. The maximum atomic E-state index is 5.72. The van der Waals surface area contributed by atoms with Gasteiger partial charge >= 0.3 is 0 Å². The summed E-state index contributed by atoms with van der Waals surface area (Å²) in [5.41, 5.74) is 7.47. The highest BCUT2D eigenvalue weighted by atomic mass is 79.9. The van der Waals surface area contributed by atoms with Gasteiger partial charge in [-0.2, -0.15) is 5.10 Å². The normalized spacial score (nSPS) is 12.7. The van der Waals surface area contributed by atoms with E-state index in [0.717, 1.165) is 15.7 Å². The van der Waals surface area contributed by atoms with Crippen molar-refractivity contribution in [1.82, 2.24) is 15.2 Å². The molecule has 1 aromatic heterocycles. The number of hydrogen-bond donors (Lipinski definition) is 2. The van der Waals surface area contributed by atoms with Crippen LogP contribution in [-0.4, -0.2) is 9.78 Å². The lowest BCUT2D eigenvalue weighted by Gasteiger charge is -2.18. The summed E-state index contributed by atoms with van der Waals surface area (Å²) in [6, 6.07) is 6.34. The lowest BCUT2D eigenvalue weighted by Crippen LogP contribution is -2.30. The Morgan fingerprint density at radius 3 is 2.33 bits per heavy atom. The number of nitrogens with two attached hydrogens (primary N) is 1. The summed E-state index contributed by atoms with van der Waals surface area (Å²) < 4.78 is 2.78. The van der Waals surface area contributed by atoms with Crippen LogP contribution in [-0.2, 0) is 7.05 Å². The molecule has 1 heterocycles. The first kappa shape index (κ1) is 13.3. The van der Waals surface area contributed by atoms with Gasteiger partial charge in [-0.25, -0.2) is 5.43 Å². The zero-order chi connectivity index (χ0) is 13.3. The van der Waals surface area contributed by atoms with Crippen molar-refractivity contribution in [2.24, 2.45) is 12.9 Å². The molecule has 0 aliphatic heterocycles. The molecule has 18 heavy (non-hydrogen) atoms. The standard InChI is InChI=1S/C13H17BrN4/c1-8-4-9(2)6-10(5-8)12(17-15)13-11(14)7-16-18(13)3/h4-7,12,17H,15H2,1-3H3. The van der Waals surface area contributed by atoms with Crippen LogP contribution in [0.2, 0.25) is 0 Å². The third-order valence-electron chi connectivity index (χ3n) is 2.96. The predicted molar refractivity (Wildman–Crippen MR) is 76.0 cm³/mol. The highest BCUT2D eigenvalue weighted by molar-refractivity contribution is 9.10. The second-order valence-corrected chi connectivity index (χ2v) is 5.38. The van der Waals surface area contributed by atoms with Gasteiger partial charge in [0.2, 0.25) is 0 Å². The highest BCUT2D eigenvalue weighted by Crippen LogP contribution is 2.28. The van der Waals surface area contributed by atoms with Crippen LogP contribution in [0.15, 0.2) is 28.9 Å². The average molecular weight is 309 g/mol. The van der Waals surface area contributed by atoms with Crippen LogP contribution in [0.1, 0.15) is 28.4 Å². The molecule has 0 fully saturated rings. The highest BCUT2D eigenvalue weighted by Gasteiger charge is 2.19. The molecule has 0 bridgehead atoms. The van der Waals surface area contributed by atoms with E-state index in [-0.39, 0.29) is 6.04 Å². The van der Waals surface area contributed by atoms with Crippen molar-refractivity contribution in [1.29, 1.82) is 0 Å². The van der Waals surface area contributed by atoms with E-state index in [1.807, 2.05) is 11.7 Å². The van der Waals surface area contributed by atoms with Gasteiger partial charge in [0.15, 0.2) is 0 Å². The topological polar surface area (TPSA) is 55.9 Å². The van der Waals surface area contributed by atoms with E-state index in [4.69, 9.17) is 5.84 Å². The molecule has 0 amide bonds. The van der Waals surface area contributed by atoms with Crippen LogP contribution in [0.4, 0.5) is 0 Å². The van der Waals surface area contributed by atoms with E-state index in [1.54, 1.807) is 6.20 Å². The number of nitrogens with zero attached hydrogens (tertiary/aromatic N) is 2. The molecule has 2 aromatic rings. The SMILES string of the molecule is Cc1cc(C)cc(C(NN)c2c(Br)cnn2C)c1. The molecule has 1 unspecified atom stereocenters. The Balaban J connectivity index is 2.52. The second kappa shape index (κ2) is 5.22. The van der Waals surface area contributed by atoms with Gasteiger partial charge in [-0.1, -0.05) is 29.3 Å². The van der Waals surface area contributed by atoms with E-state index in [0.29, 0.717) is 0 Å². The number of aryl methyl sites for hydroxylation is 3. The Morgan fingerprint density at radius 1 is 1.28 bits per heavy atom. The summed E-state index contributed by atoms with van der Waals surface area (Å²) in [7, 11) is 1.91. The third kappa shape index (κ3) is 2.48. The van der Waals surface area contributed by atoms with E-state index >= 15 is 0 Å².